The van der Waals surface area contributed by atoms with Crippen LogP contribution in [0.15, 0.2) is 36.5 Å². The predicted molar refractivity (Wildman–Crippen MR) is 120 cm³/mol. The maximum absolute atomic E-state index is 12.3. The molecule has 0 unspecified atom stereocenters. The van der Waals surface area contributed by atoms with Gasteiger partial charge in [0.2, 0.25) is 0 Å². The highest BCUT2D eigenvalue weighted by molar-refractivity contribution is 5.98. The third-order valence-corrected chi connectivity index (χ3v) is 4.42. The van der Waals surface area contributed by atoms with E-state index in [2.05, 4.69) is 21.7 Å². The molecular formula is C23H24N4O5. The Hall–Kier alpha value is -4.19. The van der Waals surface area contributed by atoms with Gasteiger partial charge in [-0.1, -0.05) is 6.07 Å². The summed E-state index contributed by atoms with van der Waals surface area (Å²) in [5.74, 6) is 0.624. The van der Waals surface area contributed by atoms with Crippen molar-refractivity contribution in [2.24, 2.45) is 0 Å². The van der Waals surface area contributed by atoms with Crippen molar-refractivity contribution in [1.82, 2.24) is 10.3 Å². The molecule has 32 heavy (non-hydrogen) atoms. The second-order valence-corrected chi connectivity index (χ2v) is 7.93. The van der Waals surface area contributed by atoms with Crippen molar-refractivity contribution in [3.63, 3.8) is 0 Å². The number of phenolic OH excluding ortho intramolecular Hbond substituents is 1. The van der Waals surface area contributed by atoms with Crippen LogP contribution in [0.25, 0.3) is 10.9 Å². The summed E-state index contributed by atoms with van der Waals surface area (Å²) in [6.07, 6.45) is 0.695. The average molecular weight is 436 g/mol. The molecule has 0 radical (unpaired) electrons. The Labute approximate surface area is 185 Å². The van der Waals surface area contributed by atoms with Crippen LogP contribution in [0, 0.1) is 11.3 Å². The zero-order valence-electron chi connectivity index (χ0n) is 18.4. The van der Waals surface area contributed by atoms with Crippen LogP contribution in [0.5, 0.6) is 23.0 Å². The van der Waals surface area contributed by atoms with Gasteiger partial charge in [-0.05, 0) is 39.0 Å². The minimum Gasteiger partial charge on any atom is -0.504 e. The number of aromatic nitrogens is 1. The molecule has 3 N–H and O–H groups in total. The van der Waals surface area contributed by atoms with Gasteiger partial charge in [-0.3, -0.25) is 4.98 Å². The summed E-state index contributed by atoms with van der Waals surface area (Å²) < 4.78 is 16.1. The number of fused-ring (bicyclic) bond motifs is 1. The third-order valence-electron chi connectivity index (χ3n) is 4.42. The molecule has 1 amide bonds. The molecule has 0 bridgehead atoms. The lowest BCUT2D eigenvalue weighted by Gasteiger charge is -2.21. The number of nitrogens with zero attached hydrogens (tertiary/aromatic N) is 2. The highest BCUT2D eigenvalue weighted by Crippen LogP contribution is 2.40. The summed E-state index contributed by atoms with van der Waals surface area (Å²) >= 11 is 0. The van der Waals surface area contributed by atoms with Crippen molar-refractivity contribution in [2.45, 2.75) is 26.3 Å². The molecule has 0 saturated carbocycles. The lowest BCUT2D eigenvalue weighted by Crippen LogP contribution is -2.42. The lowest BCUT2D eigenvalue weighted by atomic mass is 10.1. The fourth-order valence-corrected chi connectivity index (χ4v) is 3.03. The van der Waals surface area contributed by atoms with E-state index in [1.165, 1.54) is 26.5 Å². The number of anilines is 2. The van der Waals surface area contributed by atoms with E-state index < -0.39 is 11.6 Å². The Morgan fingerprint density at radius 2 is 1.84 bits per heavy atom. The molecular weight excluding hydrogens is 412 g/mol. The normalized spacial score (nSPS) is 10.9. The molecule has 9 nitrogen and oxygen atoms in total. The standard InChI is InChI=1S/C23H24N4O5/c1-23(2,3)27-22(29)32-21-15(7-6-8-17(21)28)26-20-13(11-24)12-25-16-10-19(31-5)18(30-4)9-14(16)20/h6-10,12,28H,1-5H3,(H,25,26)(H,27,29). The Morgan fingerprint density at radius 1 is 1.16 bits per heavy atom. The van der Waals surface area contributed by atoms with E-state index >= 15 is 0 Å². The van der Waals surface area contributed by atoms with Gasteiger partial charge in [0.15, 0.2) is 23.0 Å². The Balaban J connectivity index is 2.11. The number of hydrogen-bond donors (Lipinski definition) is 3. The van der Waals surface area contributed by atoms with Crippen LogP contribution in [0.4, 0.5) is 16.2 Å². The second-order valence-electron chi connectivity index (χ2n) is 7.93. The molecule has 3 rings (SSSR count). The summed E-state index contributed by atoms with van der Waals surface area (Å²) in [5, 5.41) is 26.4. The van der Waals surface area contributed by atoms with Gasteiger partial charge in [-0.15, -0.1) is 0 Å². The van der Waals surface area contributed by atoms with Crippen LogP contribution in [-0.2, 0) is 0 Å². The number of methoxy groups -OCH3 is 2. The summed E-state index contributed by atoms with van der Waals surface area (Å²) in [7, 11) is 3.03. The lowest BCUT2D eigenvalue weighted by molar-refractivity contribution is 0.189. The minimum absolute atomic E-state index is 0.0800. The number of ether oxygens (including phenoxy) is 3. The fraction of sp³-hybridized carbons (Fsp3) is 0.261. The number of benzene rings is 2. The SMILES string of the molecule is COc1cc2ncc(C#N)c(Nc3cccc(O)c3OC(=O)NC(C)(C)C)c2cc1OC. The molecule has 0 saturated heterocycles. The molecule has 0 aliphatic heterocycles. The number of hydrogen-bond acceptors (Lipinski definition) is 8. The largest absolute Gasteiger partial charge is 0.504 e. The number of amides is 1. The summed E-state index contributed by atoms with van der Waals surface area (Å²) in [6, 6.07) is 10.1. The Kier molecular flexibility index (Phi) is 6.25. The first kappa shape index (κ1) is 22.5. The molecule has 166 valence electrons. The van der Waals surface area contributed by atoms with E-state index in [4.69, 9.17) is 14.2 Å². The first-order valence-electron chi connectivity index (χ1n) is 9.70. The first-order valence-corrected chi connectivity index (χ1v) is 9.70. The highest BCUT2D eigenvalue weighted by Gasteiger charge is 2.21. The van der Waals surface area contributed by atoms with Crippen LogP contribution < -0.4 is 24.8 Å². The smallest absolute Gasteiger partial charge is 0.413 e. The van der Waals surface area contributed by atoms with E-state index in [0.29, 0.717) is 28.1 Å². The van der Waals surface area contributed by atoms with Crippen molar-refractivity contribution < 1.29 is 24.1 Å². The summed E-state index contributed by atoms with van der Waals surface area (Å²) in [5.41, 5.74) is 0.966. The van der Waals surface area contributed by atoms with E-state index in [9.17, 15) is 15.2 Å². The monoisotopic (exact) mass is 436 g/mol. The fourth-order valence-electron chi connectivity index (χ4n) is 3.03. The zero-order chi connectivity index (χ0) is 23.5. The molecule has 0 spiro atoms. The van der Waals surface area contributed by atoms with Crippen LogP contribution >= 0.6 is 0 Å². The number of carbonyl (C=O) groups is 1. The molecule has 0 fully saturated rings. The van der Waals surface area contributed by atoms with Crippen molar-refractivity contribution in [3.05, 3.63) is 42.1 Å². The molecule has 2 aromatic carbocycles. The Morgan fingerprint density at radius 3 is 2.47 bits per heavy atom. The molecule has 3 aromatic rings. The van der Waals surface area contributed by atoms with E-state index in [-0.39, 0.29) is 22.7 Å². The van der Waals surface area contributed by atoms with Gasteiger partial charge in [-0.2, -0.15) is 5.26 Å². The predicted octanol–water partition coefficient (Wildman–Crippen LogP) is 4.46. The van der Waals surface area contributed by atoms with Gasteiger partial charge in [0.1, 0.15) is 6.07 Å². The maximum Gasteiger partial charge on any atom is 0.413 e. The van der Waals surface area contributed by atoms with Gasteiger partial charge in [0, 0.05) is 23.2 Å². The topological polar surface area (TPSA) is 126 Å². The van der Waals surface area contributed by atoms with Crippen LogP contribution in [0.3, 0.4) is 0 Å². The minimum atomic E-state index is -0.728. The molecule has 0 aliphatic carbocycles. The van der Waals surface area contributed by atoms with Gasteiger partial charge < -0.3 is 30.0 Å². The number of para-hydroxylation sites is 1. The number of pyridine rings is 1. The van der Waals surface area contributed by atoms with Crippen molar-refractivity contribution in [2.75, 3.05) is 19.5 Å². The molecule has 0 aliphatic rings. The van der Waals surface area contributed by atoms with Gasteiger partial charge >= 0.3 is 6.09 Å². The van der Waals surface area contributed by atoms with Crippen LogP contribution in [-0.4, -0.2) is 35.9 Å². The Bertz CT molecular complexity index is 1210. The highest BCUT2D eigenvalue weighted by atomic mass is 16.6. The average Bonchev–Trinajstić information content (AvgIpc) is 2.74. The number of phenols is 1. The van der Waals surface area contributed by atoms with E-state index in [1.54, 1.807) is 24.3 Å². The van der Waals surface area contributed by atoms with Crippen LogP contribution in [0.2, 0.25) is 0 Å². The summed E-state index contributed by atoms with van der Waals surface area (Å²) in [4.78, 5) is 16.6. The van der Waals surface area contributed by atoms with Gasteiger partial charge in [0.05, 0.1) is 36.7 Å². The van der Waals surface area contributed by atoms with E-state index in [0.717, 1.165) is 0 Å². The van der Waals surface area contributed by atoms with Crippen molar-refractivity contribution >= 4 is 28.4 Å². The zero-order valence-corrected chi connectivity index (χ0v) is 18.4. The molecule has 9 heteroatoms. The van der Waals surface area contributed by atoms with E-state index in [1.807, 2.05) is 20.8 Å². The van der Waals surface area contributed by atoms with Gasteiger partial charge in [0.25, 0.3) is 0 Å². The maximum atomic E-state index is 12.3. The van der Waals surface area contributed by atoms with Crippen LogP contribution in [0.1, 0.15) is 26.3 Å². The summed E-state index contributed by atoms with van der Waals surface area (Å²) in [6.45, 7) is 5.42. The molecule has 1 heterocycles. The third kappa shape index (κ3) is 4.75. The second kappa shape index (κ2) is 8.89. The molecule has 0 atom stereocenters. The number of aromatic hydroxyl groups is 1. The molecule has 1 aromatic heterocycles. The number of nitrogens with one attached hydrogen (secondary N) is 2. The van der Waals surface area contributed by atoms with Crippen molar-refractivity contribution in [1.29, 1.82) is 5.26 Å². The van der Waals surface area contributed by atoms with Gasteiger partial charge in [-0.25, -0.2) is 4.79 Å². The number of rotatable bonds is 5. The first-order chi connectivity index (χ1) is 15.2. The number of carbonyl (C=O) groups excluding carboxylic acids is 1. The quantitative estimate of drug-likeness (QED) is 0.535. The number of nitriles is 1. The van der Waals surface area contributed by atoms with Crippen molar-refractivity contribution in [3.8, 4) is 29.1 Å².